The van der Waals surface area contributed by atoms with E-state index in [2.05, 4.69) is 5.32 Å². The number of non-ortho nitro benzene ring substituents is 1. The molecule has 1 aliphatic rings. The first-order valence-electron chi connectivity index (χ1n) is 7.83. The smallest absolute Gasteiger partial charge is 0.269 e. The molecule has 0 saturated carbocycles. The van der Waals surface area contributed by atoms with E-state index >= 15 is 0 Å². The Morgan fingerprint density at radius 2 is 2.04 bits per heavy atom. The lowest BCUT2D eigenvalue weighted by molar-refractivity contribution is -0.384. The molecule has 6 nitrogen and oxygen atoms in total. The highest BCUT2D eigenvalue weighted by Gasteiger charge is 2.10. The number of carbonyl (C=O) groups is 1. The Kier molecular flexibility index (Phi) is 5.34. The van der Waals surface area contributed by atoms with Gasteiger partial charge in [0, 0.05) is 35.3 Å². The standard InChI is InChI=1S/C19H15ClN2O4/c20-16-4-7-18-15(10-16)9-14(12-26-18)3-8-19(23)21-11-13-1-5-17(6-2-13)22(24)25/h1-10H,11-12H2,(H,21,23). The topological polar surface area (TPSA) is 81.5 Å². The largest absolute Gasteiger partial charge is 0.488 e. The maximum Gasteiger partial charge on any atom is 0.269 e. The number of hydrogen-bond donors (Lipinski definition) is 1. The second-order valence-corrected chi connectivity index (χ2v) is 6.10. The Morgan fingerprint density at radius 1 is 1.27 bits per heavy atom. The first-order valence-corrected chi connectivity index (χ1v) is 8.21. The Labute approximate surface area is 154 Å². The van der Waals surface area contributed by atoms with Crippen molar-refractivity contribution in [1.29, 1.82) is 0 Å². The van der Waals surface area contributed by atoms with E-state index in [4.69, 9.17) is 16.3 Å². The molecule has 1 aliphatic heterocycles. The van der Waals surface area contributed by atoms with E-state index in [-0.39, 0.29) is 18.1 Å². The van der Waals surface area contributed by atoms with Gasteiger partial charge in [-0.05, 0) is 35.4 Å². The highest BCUT2D eigenvalue weighted by atomic mass is 35.5. The molecule has 0 bridgehead atoms. The summed E-state index contributed by atoms with van der Waals surface area (Å²) in [4.78, 5) is 22.1. The quantitative estimate of drug-likeness (QED) is 0.491. The molecule has 132 valence electrons. The van der Waals surface area contributed by atoms with E-state index in [9.17, 15) is 14.9 Å². The number of hydrogen-bond acceptors (Lipinski definition) is 4. The van der Waals surface area contributed by atoms with Crippen LogP contribution in [0.5, 0.6) is 5.75 Å². The van der Waals surface area contributed by atoms with Gasteiger partial charge in [-0.3, -0.25) is 14.9 Å². The molecule has 0 saturated heterocycles. The van der Waals surface area contributed by atoms with Crippen LogP contribution in [-0.2, 0) is 11.3 Å². The Balaban J connectivity index is 1.57. The predicted octanol–water partition coefficient (Wildman–Crippen LogP) is 3.90. The molecule has 1 heterocycles. The van der Waals surface area contributed by atoms with Crippen LogP contribution in [0.15, 0.2) is 60.2 Å². The third kappa shape index (κ3) is 4.49. The number of nitrogens with one attached hydrogen (secondary N) is 1. The molecule has 0 unspecified atom stereocenters. The van der Waals surface area contributed by atoms with Gasteiger partial charge in [-0.1, -0.05) is 29.8 Å². The van der Waals surface area contributed by atoms with Gasteiger partial charge < -0.3 is 10.1 Å². The predicted molar refractivity (Wildman–Crippen MR) is 99.0 cm³/mol. The minimum atomic E-state index is -0.462. The molecule has 1 amide bonds. The van der Waals surface area contributed by atoms with Crippen LogP contribution in [-0.4, -0.2) is 17.4 Å². The van der Waals surface area contributed by atoms with Crippen molar-refractivity contribution in [2.24, 2.45) is 0 Å². The summed E-state index contributed by atoms with van der Waals surface area (Å²) in [5, 5.41) is 14.0. The molecule has 0 atom stereocenters. The van der Waals surface area contributed by atoms with Crippen molar-refractivity contribution in [3.8, 4) is 5.75 Å². The maximum absolute atomic E-state index is 11.9. The number of nitrogens with zero attached hydrogens (tertiary/aromatic N) is 1. The molecule has 26 heavy (non-hydrogen) atoms. The SMILES string of the molecule is O=C(C=CC1=Cc2cc(Cl)ccc2OC1)NCc1ccc([N+](=O)[O-])cc1. The number of nitro benzene ring substituents is 1. The second kappa shape index (κ2) is 7.84. The van der Waals surface area contributed by atoms with Gasteiger partial charge in [0.2, 0.25) is 5.91 Å². The molecular formula is C19H15ClN2O4. The molecule has 0 spiro atoms. The summed E-state index contributed by atoms with van der Waals surface area (Å²) in [7, 11) is 0. The van der Waals surface area contributed by atoms with Crippen molar-refractivity contribution in [2.45, 2.75) is 6.54 Å². The molecule has 2 aromatic rings. The highest BCUT2D eigenvalue weighted by Crippen LogP contribution is 2.29. The molecular weight excluding hydrogens is 356 g/mol. The van der Waals surface area contributed by atoms with E-state index in [1.807, 2.05) is 12.1 Å². The van der Waals surface area contributed by atoms with E-state index < -0.39 is 4.92 Å². The van der Waals surface area contributed by atoms with Crippen LogP contribution < -0.4 is 10.1 Å². The van der Waals surface area contributed by atoms with E-state index in [1.165, 1.54) is 18.2 Å². The summed E-state index contributed by atoms with van der Waals surface area (Å²) in [5.41, 5.74) is 2.52. The zero-order chi connectivity index (χ0) is 18.5. The fraction of sp³-hybridized carbons (Fsp3) is 0.105. The number of fused-ring (bicyclic) bond motifs is 1. The van der Waals surface area contributed by atoms with Gasteiger partial charge >= 0.3 is 0 Å². The molecule has 0 fully saturated rings. The number of carbonyl (C=O) groups excluding carboxylic acids is 1. The van der Waals surface area contributed by atoms with Gasteiger partial charge in [-0.25, -0.2) is 0 Å². The van der Waals surface area contributed by atoms with Gasteiger partial charge in [0.1, 0.15) is 12.4 Å². The number of halogens is 1. The van der Waals surface area contributed by atoms with Crippen LogP contribution in [0, 0.1) is 10.1 Å². The Bertz CT molecular complexity index is 904. The summed E-state index contributed by atoms with van der Waals surface area (Å²) in [6.07, 6.45) is 5.04. The van der Waals surface area contributed by atoms with E-state index in [0.717, 1.165) is 22.4 Å². The van der Waals surface area contributed by atoms with Crippen molar-refractivity contribution in [1.82, 2.24) is 5.32 Å². The minimum Gasteiger partial charge on any atom is -0.488 e. The van der Waals surface area contributed by atoms with Crippen molar-refractivity contribution in [3.05, 3.63) is 86.5 Å². The lowest BCUT2D eigenvalue weighted by atomic mass is 10.1. The molecule has 0 aromatic heterocycles. The van der Waals surface area contributed by atoms with Crippen molar-refractivity contribution in [2.75, 3.05) is 6.61 Å². The first kappa shape index (κ1) is 17.7. The van der Waals surface area contributed by atoms with Crippen LogP contribution in [0.4, 0.5) is 5.69 Å². The summed E-state index contributed by atoms with van der Waals surface area (Å²) in [5.74, 6) is 0.496. The second-order valence-electron chi connectivity index (χ2n) is 5.66. The normalized spacial score (nSPS) is 12.9. The van der Waals surface area contributed by atoms with Gasteiger partial charge in [-0.15, -0.1) is 0 Å². The van der Waals surface area contributed by atoms with Crippen LogP contribution in [0.2, 0.25) is 5.02 Å². The number of nitro groups is 1. The summed E-state index contributed by atoms with van der Waals surface area (Å²) in [6.45, 7) is 0.663. The van der Waals surface area contributed by atoms with E-state index in [1.54, 1.807) is 30.3 Å². The van der Waals surface area contributed by atoms with Crippen LogP contribution in [0.25, 0.3) is 6.08 Å². The van der Waals surface area contributed by atoms with Crippen molar-refractivity contribution < 1.29 is 14.5 Å². The molecule has 2 aromatic carbocycles. The van der Waals surface area contributed by atoms with E-state index in [0.29, 0.717) is 11.6 Å². The molecule has 3 rings (SSSR count). The van der Waals surface area contributed by atoms with Crippen LogP contribution >= 0.6 is 11.6 Å². The van der Waals surface area contributed by atoms with Crippen molar-refractivity contribution in [3.63, 3.8) is 0 Å². The monoisotopic (exact) mass is 370 g/mol. The first-order chi connectivity index (χ1) is 12.5. The summed E-state index contributed by atoms with van der Waals surface area (Å²) >= 11 is 5.97. The Morgan fingerprint density at radius 3 is 2.77 bits per heavy atom. The average molecular weight is 371 g/mol. The molecule has 1 N–H and O–H groups in total. The maximum atomic E-state index is 11.9. The van der Waals surface area contributed by atoms with Crippen LogP contribution in [0.1, 0.15) is 11.1 Å². The number of amides is 1. The zero-order valence-corrected chi connectivity index (χ0v) is 14.4. The molecule has 0 aliphatic carbocycles. The summed E-state index contributed by atoms with van der Waals surface area (Å²) in [6, 6.07) is 11.4. The van der Waals surface area contributed by atoms with Gasteiger partial charge in [0.25, 0.3) is 5.69 Å². The molecule has 0 radical (unpaired) electrons. The van der Waals surface area contributed by atoms with Gasteiger partial charge in [0.05, 0.1) is 4.92 Å². The Hall–Kier alpha value is -3.12. The fourth-order valence-electron chi connectivity index (χ4n) is 2.43. The summed E-state index contributed by atoms with van der Waals surface area (Å²) < 4.78 is 5.62. The van der Waals surface area contributed by atoms with Gasteiger partial charge in [0.15, 0.2) is 0 Å². The average Bonchev–Trinajstić information content (AvgIpc) is 2.64. The van der Waals surface area contributed by atoms with Crippen LogP contribution in [0.3, 0.4) is 0 Å². The lowest BCUT2D eigenvalue weighted by Gasteiger charge is -2.16. The number of ether oxygens (including phenoxy) is 1. The number of rotatable bonds is 5. The third-order valence-electron chi connectivity index (χ3n) is 3.77. The zero-order valence-electron chi connectivity index (χ0n) is 13.6. The number of benzene rings is 2. The van der Waals surface area contributed by atoms with Gasteiger partial charge in [-0.2, -0.15) is 0 Å². The lowest BCUT2D eigenvalue weighted by Crippen LogP contribution is -2.20. The van der Waals surface area contributed by atoms with Crippen molar-refractivity contribution >= 4 is 29.3 Å². The molecule has 7 heteroatoms. The highest BCUT2D eigenvalue weighted by molar-refractivity contribution is 6.30. The minimum absolute atomic E-state index is 0.0181. The fourth-order valence-corrected chi connectivity index (χ4v) is 2.61. The third-order valence-corrected chi connectivity index (χ3v) is 4.00.